The lowest BCUT2D eigenvalue weighted by atomic mass is 9.92. The summed E-state index contributed by atoms with van der Waals surface area (Å²) in [7, 11) is 1.26. The molecule has 0 spiro atoms. The van der Waals surface area contributed by atoms with Gasteiger partial charge < -0.3 is 39.9 Å². The van der Waals surface area contributed by atoms with Crippen molar-refractivity contribution in [3.8, 4) is 28.1 Å². The number of hydrogen-bond donors (Lipinski definition) is 4. The number of nitrogens with one attached hydrogen (secondary N) is 4. The highest BCUT2D eigenvalue weighted by molar-refractivity contribution is 6.07. The Kier molecular flexibility index (Phi) is 11.3. The van der Waals surface area contributed by atoms with E-state index in [2.05, 4.69) is 60.7 Å². The number of methoxy groups -OCH3 is 1. The summed E-state index contributed by atoms with van der Waals surface area (Å²) in [5.74, 6) is 1.58. The van der Waals surface area contributed by atoms with Gasteiger partial charge in [-0.2, -0.15) is 0 Å². The van der Waals surface area contributed by atoms with Gasteiger partial charge in [-0.1, -0.05) is 62.4 Å². The quantitative estimate of drug-likeness (QED) is 0.0882. The summed E-state index contributed by atoms with van der Waals surface area (Å²) in [6.07, 6.45) is 4.36. The fourth-order valence-corrected chi connectivity index (χ4v) is 7.68. The number of aromatic amines is 2. The van der Waals surface area contributed by atoms with E-state index in [0.717, 1.165) is 86.7 Å². The average molecular weight is 797 g/mol. The topological polar surface area (TPSA) is 175 Å². The van der Waals surface area contributed by atoms with Gasteiger partial charge in [0.05, 0.1) is 43.1 Å². The number of amides is 4. The van der Waals surface area contributed by atoms with E-state index in [1.165, 1.54) is 7.11 Å². The second-order valence-corrected chi connectivity index (χ2v) is 15.2. The molecule has 0 unspecified atom stereocenters. The van der Waals surface area contributed by atoms with E-state index in [9.17, 15) is 19.2 Å². The Bertz CT molecular complexity index is 2530. The molecule has 1 atom stereocenters. The van der Waals surface area contributed by atoms with Crippen LogP contribution in [0, 0.1) is 5.92 Å². The first-order valence-corrected chi connectivity index (χ1v) is 20.2. The van der Waals surface area contributed by atoms with Gasteiger partial charge in [0.2, 0.25) is 17.7 Å². The maximum Gasteiger partial charge on any atom is 0.407 e. The molecule has 4 aromatic carbocycles. The Balaban J connectivity index is 0.997. The smallest absolute Gasteiger partial charge is 0.407 e. The number of carbonyl (C=O) groups is 4. The van der Waals surface area contributed by atoms with Crippen molar-refractivity contribution in [2.45, 2.75) is 65.3 Å². The number of alkyl carbamates (subject to hydrolysis) is 1. The highest BCUT2D eigenvalue weighted by Gasteiger charge is 2.35. The zero-order valence-corrected chi connectivity index (χ0v) is 33.5. The monoisotopic (exact) mass is 796 g/mol. The van der Waals surface area contributed by atoms with Crippen LogP contribution >= 0.6 is 0 Å². The van der Waals surface area contributed by atoms with Gasteiger partial charge in [0.15, 0.2) is 0 Å². The zero-order chi connectivity index (χ0) is 41.0. The second kappa shape index (κ2) is 17.0. The molecule has 59 heavy (non-hydrogen) atoms. The van der Waals surface area contributed by atoms with E-state index in [-0.39, 0.29) is 43.3 Å². The van der Waals surface area contributed by atoms with Crippen molar-refractivity contribution in [2.24, 2.45) is 5.92 Å². The largest absolute Gasteiger partial charge is 0.488 e. The van der Waals surface area contributed by atoms with Crippen LogP contribution in [0.3, 0.4) is 0 Å². The van der Waals surface area contributed by atoms with Crippen LogP contribution in [0.15, 0.2) is 79.0 Å². The normalized spacial score (nSPS) is 13.5. The highest BCUT2D eigenvalue weighted by Crippen LogP contribution is 2.42. The van der Waals surface area contributed by atoms with E-state index in [0.29, 0.717) is 31.3 Å². The Morgan fingerprint density at radius 1 is 0.898 bits per heavy atom. The van der Waals surface area contributed by atoms with Gasteiger partial charge in [-0.15, -0.1) is 0 Å². The molecule has 0 radical (unpaired) electrons. The van der Waals surface area contributed by atoms with Crippen molar-refractivity contribution >= 4 is 45.6 Å². The number of fused-ring (bicyclic) bond motifs is 6. The number of aromatic nitrogens is 4. The number of imidazole rings is 2. The maximum absolute atomic E-state index is 14.1. The number of nitrogens with zero attached hydrogens (tertiary/aromatic N) is 4. The van der Waals surface area contributed by atoms with E-state index in [1.807, 2.05) is 56.3 Å². The van der Waals surface area contributed by atoms with Gasteiger partial charge in [-0.05, 0) is 77.6 Å². The predicted molar refractivity (Wildman–Crippen MR) is 223 cm³/mol. The highest BCUT2D eigenvalue weighted by atomic mass is 16.5. The molecule has 14 heteroatoms. The third-order valence-electron chi connectivity index (χ3n) is 10.9. The maximum atomic E-state index is 14.1. The minimum Gasteiger partial charge on any atom is -0.488 e. The fourth-order valence-electron chi connectivity index (χ4n) is 7.68. The molecule has 0 bridgehead atoms. The molecule has 4 amide bonds. The van der Waals surface area contributed by atoms with Crippen LogP contribution in [0.4, 0.5) is 4.79 Å². The van der Waals surface area contributed by atoms with Crippen molar-refractivity contribution in [2.75, 3.05) is 26.7 Å². The Morgan fingerprint density at radius 2 is 1.68 bits per heavy atom. The molecule has 2 aromatic heterocycles. The molecule has 1 aliphatic carbocycles. The van der Waals surface area contributed by atoms with E-state index < -0.39 is 12.1 Å². The zero-order valence-electron chi connectivity index (χ0n) is 33.5. The molecule has 0 saturated heterocycles. The van der Waals surface area contributed by atoms with Gasteiger partial charge in [0.25, 0.3) is 0 Å². The lowest BCUT2D eigenvalue weighted by Crippen LogP contribution is -2.43. The molecule has 3 heterocycles. The number of rotatable bonds is 15. The number of H-pyrrole nitrogens is 2. The number of ether oxygens (including phenoxy) is 2. The minimum absolute atomic E-state index is 0.0169. The third kappa shape index (κ3) is 8.47. The van der Waals surface area contributed by atoms with Gasteiger partial charge in [0, 0.05) is 30.0 Å². The van der Waals surface area contributed by atoms with Crippen molar-refractivity contribution in [1.82, 2.24) is 40.4 Å². The minimum atomic E-state index is -0.767. The Morgan fingerprint density at radius 3 is 2.44 bits per heavy atom. The standard InChI is InChI=1S/C45H48N8O6/c1-4-17-52(40(54)23-47-45(57)58-3)25-39-48-35-16-14-29-20-34-32-15-13-30(19-31(32)26-59-37(34)21-33(29)42(35)50-39)36-22-46-38(49-36)24-53(18-5-2)44(56)41(27-9-7-6-8-10-27)51-43(55)28-11-12-28/h6-10,13-16,19-22,28,41H,4-5,11-12,17-18,23-26H2,1-3H3,(H,46,49)(H,47,57)(H,48,50)(H,51,55)/t41-/m1/s1. The summed E-state index contributed by atoms with van der Waals surface area (Å²) in [4.78, 5) is 71.2. The van der Waals surface area contributed by atoms with Crippen LogP contribution < -0.4 is 15.4 Å². The van der Waals surface area contributed by atoms with Crippen LogP contribution in [0.2, 0.25) is 0 Å². The molecule has 4 N–H and O–H groups in total. The summed E-state index contributed by atoms with van der Waals surface area (Å²) < 4.78 is 11.0. The third-order valence-corrected chi connectivity index (χ3v) is 10.9. The van der Waals surface area contributed by atoms with Crippen molar-refractivity contribution in [3.05, 3.63) is 102 Å². The lowest BCUT2D eigenvalue weighted by molar-refractivity contribution is -0.137. The molecular weight excluding hydrogens is 749 g/mol. The predicted octanol–water partition coefficient (Wildman–Crippen LogP) is 6.77. The average Bonchev–Trinajstić information content (AvgIpc) is 3.87. The van der Waals surface area contributed by atoms with Crippen molar-refractivity contribution in [1.29, 1.82) is 0 Å². The Hall–Kier alpha value is -6.70. The van der Waals surface area contributed by atoms with Gasteiger partial charge in [-0.3, -0.25) is 14.4 Å². The molecule has 1 aliphatic heterocycles. The van der Waals surface area contributed by atoms with E-state index >= 15 is 0 Å². The van der Waals surface area contributed by atoms with Gasteiger partial charge >= 0.3 is 6.09 Å². The first-order chi connectivity index (χ1) is 28.7. The first kappa shape index (κ1) is 39.1. The summed E-state index contributed by atoms with van der Waals surface area (Å²) in [6, 6.07) is 23.2. The molecule has 1 saturated carbocycles. The molecular formula is C45H48N8O6. The number of carbonyl (C=O) groups excluding carboxylic acids is 4. The van der Waals surface area contributed by atoms with Crippen molar-refractivity contribution < 1.29 is 28.7 Å². The van der Waals surface area contributed by atoms with Crippen LogP contribution in [0.25, 0.3) is 44.2 Å². The van der Waals surface area contributed by atoms with Crippen LogP contribution in [0.1, 0.15) is 68.3 Å². The fraction of sp³-hybridized carbons (Fsp3) is 0.333. The first-order valence-electron chi connectivity index (χ1n) is 20.2. The summed E-state index contributed by atoms with van der Waals surface area (Å²) in [5, 5.41) is 7.43. The van der Waals surface area contributed by atoms with Crippen molar-refractivity contribution in [3.63, 3.8) is 0 Å². The molecule has 2 aliphatic rings. The number of hydrogen-bond acceptors (Lipinski definition) is 8. The van der Waals surface area contributed by atoms with Crippen LogP contribution in [0.5, 0.6) is 5.75 Å². The summed E-state index contributed by atoms with van der Waals surface area (Å²) in [6.45, 7) is 5.82. The summed E-state index contributed by atoms with van der Waals surface area (Å²) in [5.41, 5.74) is 7.27. The van der Waals surface area contributed by atoms with E-state index in [4.69, 9.17) is 9.72 Å². The second-order valence-electron chi connectivity index (χ2n) is 15.2. The summed E-state index contributed by atoms with van der Waals surface area (Å²) >= 11 is 0. The van der Waals surface area contributed by atoms with Crippen LogP contribution in [-0.4, -0.2) is 80.3 Å². The molecule has 8 rings (SSSR count). The molecule has 304 valence electrons. The molecule has 14 nitrogen and oxygen atoms in total. The number of benzene rings is 4. The Labute approximate surface area is 341 Å². The van der Waals surface area contributed by atoms with Crippen LogP contribution in [-0.2, 0) is 38.8 Å². The molecule has 6 aromatic rings. The molecule has 1 fully saturated rings. The lowest BCUT2D eigenvalue weighted by Gasteiger charge is -2.27. The van der Waals surface area contributed by atoms with Gasteiger partial charge in [-0.25, -0.2) is 14.8 Å². The van der Waals surface area contributed by atoms with Gasteiger partial charge in [0.1, 0.15) is 36.6 Å². The van der Waals surface area contributed by atoms with E-state index in [1.54, 1.807) is 16.0 Å². The SMILES string of the molecule is CCCN(Cc1nc2c(ccc3cc4c(cc32)OCc2cc(-c3cnc(CN(CCC)C(=O)[C@H](NC(=O)C5CC5)c5ccccc5)[nH]3)ccc2-4)[nH]1)C(=O)CNC(=O)OC.